The quantitative estimate of drug-likeness (QED) is 0.395. The number of rotatable bonds is 7. The van der Waals surface area contributed by atoms with E-state index in [1.54, 1.807) is 19.0 Å². The zero-order valence-corrected chi connectivity index (χ0v) is 10.9. The third kappa shape index (κ3) is 5.11. The highest BCUT2D eigenvalue weighted by Gasteiger charge is 2.29. The Morgan fingerprint density at radius 3 is 2.28 bits per heavy atom. The van der Waals surface area contributed by atoms with Gasteiger partial charge < -0.3 is 14.6 Å². The molecule has 0 heterocycles. The van der Waals surface area contributed by atoms with E-state index in [1.807, 2.05) is 0 Å². The molecule has 0 bridgehead atoms. The van der Waals surface area contributed by atoms with E-state index in [4.69, 9.17) is 9.47 Å². The second-order valence-corrected chi connectivity index (χ2v) is 3.91. The number of hydrogen-bond donors (Lipinski definition) is 1. The molecule has 2 unspecified atom stereocenters. The van der Waals surface area contributed by atoms with Gasteiger partial charge in [-0.05, 0) is 21.0 Å². The summed E-state index contributed by atoms with van der Waals surface area (Å²) in [5.74, 6) is -1.44. The third-order valence-corrected chi connectivity index (χ3v) is 2.14. The molecule has 6 heteroatoms. The lowest BCUT2D eigenvalue weighted by molar-refractivity contribution is -0.194. The Bertz CT molecular complexity index is 337. The maximum atomic E-state index is 11.4. The third-order valence-electron chi connectivity index (χ3n) is 2.14. The minimum Gasteiger partial charge on any atom is -0.420 e. The second kappa shape index (κ2) is 7.62. The number of aliphatic hydroxyl groups excluding tert-OH is 1. The Morgan fingerprint density at radius 1 is 1.39 bits per heavy atom. The Kier molecular flexibility index (Phi) is 6.92. The normalized spacial score (nSPS) is 13.6. The molecule has 0 aliphatic rings. The molecule has 0 aliphatic carbocycles. The molecule has 6 nitrogen and oxygen atoms in total. The van der Waals surface area contributed by atoms with Crippen molar-refractivity contribution >= 4 is 11.9 Å². The van der Waals surface area contributed by atoms with Gasteiger partial charge in [0.2, 0.25) is 0 Å². The van der Waals surface area contributed by atoms with Gasteiger partial charge in [0.05, 0.1) is 6.61 Å². The standard InChI is InChI=1S/C12H19NO5/c1-6-10(15)17-12(9(7-14)13(4)5)18-11(16)8(2)3/h6,9,12,14H,1-2,7H2,3-5H3. The average molecular weight is 257 g/mol. The first-order valence-electron chi connectivity index (χ1n) is 5.30. The molecule has 102 valence electrons. The van der Waals surface area contributed by atoms with Crippen molar-refractivity contribution in [3.8, 4) is 0 Å². The summed E-state index contributed by atoms with van der Waals surface area (Å²) in [7, 11) is 3.31. The predicted molar refractivity (Wildman–Crippen MR) is 65.5 cm³/mol. The van der Waals surface area contributed by atoms with Gasteiger partial charge in [-0.3, -0.25) is 4.90 Å². The van der Waals surface area contributed by atoms with Crippen molar-refractivity contribution in [1.82, 2.24) is 4.90 Å². The molecule has 0 saturated heterocycles. The molecule has 0 aliphatic heterocycles. The van der Waals surface area contributed by atoms with E-state index in [9.17, 15) is 14.7 Å². The number of nitrogens with zero attached hydrogens (tertiary/aromatic N) is 1. The molecule has 2 atom stereocenters. The fourth-order valence-corrected chi connectivity index (χ4v) is 1.04. The number of carbonyl (C=O) groups is 2. The zero-order chi connectivity index (χ0) is 14.3. The molecule has 0 fully saturated rings. The van der Waals surface area contributed by atoms with Crippen LogP contribution in [0.2, 0.25) is 0 Å². The van der Waals surface area contributed by atoms with Gasteiger partial charge in [-0.25, -0.2) is 9.59 Å². The van der Waals surface area contributed by atoms with Gasteiger partial charge in [0.25, 0.3) is 6.29 Å². The highest BCUT2D eigenvalue weighted by atomic mass is 16.7. The number of carbonyl (C=O) groups excluding carboxylic acids is 2. The molecule has 0 amide bonds. The van der Waals surface area contributed by atoms with Crippen molar-refractivity contribution in [3.05, 3.63) is 24.8 Å². The first kappa shape index (κ1) is 16.3. The predicted octanol–water partition coefficient (Wildman–Crippen LogP) is 0.0835. The van der Waals surface area contributed by atoms with Crippen LogP contribution in [0.3, 0.4) is 0 Å². The molecule has 0 spiro atoms. The first-order chi connectivity index (χ1) is 8.33. The highest BCUT2D eigenvalue weighted by Crippen LogP contribution is 2.10. The number of likely N-dealkylation sites (N-methyl/N-ethyl adjacent to an activating group) is 1. The van der Waals surface area contributed by atoms with E-state index in [0.717, 1.165) is 6.08 Å². The van der Waals surface area contributed by atoms with Crippen LogP contribution in [0.15, 0.2) is 24.8 Å². The average Bonchev–Trinajstić information content (AvgIpc) is 2.28. The van der Waals surface area contributed by atoms with E-state index < -0.39 is 24.3 Å². The van der Waals surface area contributed by atoms with Crippen molar-refractivity contribution in [2.75, 3.05) is 20.7 Å². The van der Waals surface area contributed by atoms with Gasteiger partial charge in [-0.1, -0.05) is 13.2 Å². The number of hydrogen-bond acceptors (Lipinski definition) is 6. The molecular weight excluding hydrogens is 238 g/mol. The van der Waals surface area contributed by atoms with Gasteiger partial charge in [0.1, 0.15) is 6.04 Å². The van der Waals surface area contributed by atoms with Gasteiger partial charge in [0.15, 0.2) is 0 Å². The monoisotopic (exact) mass is 257 g/mol. The van der Waals surface area contributed by atoms with Crippen molar-refractivity contribution in [2.24, 2.45) is 0 Å². The molecule has 0 aromatic heterocycles. The lowest BCUT2D eigenvalue weighted by Crippen LogP contribution is -2.46. The van der Waals surface area contributed by atoms with E-state index in [2.05, 4.69) is 13.2 Å². The largest absolute Gasteiger partial charge is 0.420 e. The van der Waals surface area contributed by atoms with Crippen LogP contribution in [0.5, 0.6) is 0 Å². The van der Waals surface area contributed by atoms with Gasteiger partial charge in [-0.2, -0.15) is 0 Å². The lowest BCUT2D eigenvalue weighted by atomic mass is 10.2. The Hall–Kier alpha value is -1.66. The summed E-state index contributed by atoms with van der Waals surface area (Å²) in [6, 6.07) is -0.669. The van der Waals surface area contributed by atoms with Gasteiger partial charge in [-0.15, -0.1) is 0 Å². The van der Waals surface area contributed by atoms with Crippen LogP contribution in [0, 0.1) is 0 Å². The van der Waals surface area contributed by atoms with E-state index in [-0.39, 0.29) is 12.2 Å². The van der Waals surface area contributed by atoms with Crippen LogP contribution in [0.4, 0.5) is 0 Å². The zero-order valence-electron chi connectivity index (χ0n) is 10.9. The fraction of sp³-hybridized carbons (Fsp3) is 0.500. The molecule has 0 saturated carbocycles. The SMILES string of the molecule is C=CC(=O)OC(OC(=O)C(=C)C)C(CO)N(C)C. The number of aliphatic hydroxyl groups is 1. The van der Waals surface area contributed by atoms with Gasteiger partial charge in [0, 0.05) is 11.6 Å². The molecule has 18 heavy (non-hydrogen) atoms. The molecular formula is C12H19NO5. The van der Waals surface area contributed by atoms with Crippen molar-refractivity contribution < 1.29 is 24.2 Å². The second-order valence-electron chi connectivity index (χ2n) is 3.91. The fourth-order valence-electron chi connectivity index (χ4n) is 1.04. The smallest absolute Gasteiger partial charge is 0.336 e. The van der Waals surface area contributed by atoms with Crippen LogP contribution >= 0.6 is 0 Å². The van der Waals surface area contributed by atoms with E-state index >= 15 is 0 Å². The molecule has 1 N–H and O–H groups in total. The van der Waals surface area contributed by atoms with Crippen molar-refractivity contribution in [3.63, 3.8) is 0 Å². The summed E-state index contributed by atoms with van der Waals surface area (Å²) in [6.45, 7) is 7.80. The van der Waals surface area contributed by atoms with Crippen LogP contribution < -0.4 is 0 Å². The maximum Gasteiger partial charge on any atom is 0.336 e. The molecule has 0 radical (unpaired) electrons. The summed E-state index contributed by atoms with van der Waals surface area (Å²) >= 11 is 0. The minimum atomic E-state index is -1.22. The summed E-state index contributed by atoms with van der Waals surface area (Å²) in [5.41, 5.74) is 0.171. The van der Waals surface area contributed by atoms with Crippen LogP contribution in [0.25, 0.3) is 0 Å². The Labute approximate surface area is 106 Å². The summed E-state index contributed by atoms with van der Waals surface area (Å²) < 4.78 is 9.86. The van der Waals surface area contributed by atoms with E-state index in [1.165, 1.54) is 6.92 Å². The minimum absolute atomic E-state index is 0.171. The summed E-state index contributed by atoms with van der Waals surface area (Å²) in [4.78, 5) is 24.2. The van der Waals surface area contributed by atoms with Crippen LogP contribution in [0.1, 0.15) is 6.92 Å². The highest BCUT2D eigenvalue weighted by molar-refractivity contribution is 5.87. The van der Waals surface area contributed by atoms with Crippen molar-refractivity contribution in [2.45, 2.75) is 19.3 Å². The number of esters is 2. The Balaban J connectivity index is 4.90. The Morgan fingerprint density at radius 2 is 1.94 bits per heavy atom. The van der Waals surface area contributed by atoms with Crippen molar-refractivity contribution in [1.29, 1.82) is 0 Å². The number of ether oxygens (including phenoxy) is 2. The molecule has 0 aromatic carbocycles. The first-order valence-corrected chi connectivity index (χ1v) is 5.30. The summed E-state index contributed by atoms with van der Waals surface area (Å²) in [6.07, 6.45) is -0.272. The summed E-state index contributed by atoms with van der Waals surface area (Å²) in [5, 5.41) is 9.23. The van der Waals surface area contributed by atoms with E-state index in [0.29, 0.717) is 0 Å². The van der Waals surface area contributed by atoms with Crippen LogP contribution in [-0.4, -0.2) is 55.0 Å². The lowest BCUT2D eigenvalue weighted by Gasteiger charge is -2.29. The maximum absolute atomic E-state index is 11.4. The molecule has 0 aromatic rings. The molecule has 0 rings (SSSR count). The topological polar surface area (TPSA) is 76.1 Å². The van der Waals surface area contributed by atoms with Crippen LogP contribution in [-0.2, 0) is 19.1 Å². The van der Waals surface area contributed by atoms with Gasteiger partial charge >= 0.3 is 11.9 Å².